The third-order valence-electron chi connectivity index (χ3n) is 3.18. The van der Waals surface area contributed by atoms with Crippen LogP contribution in [0, 0.1) is 5.92 Å². The number of anilines is 1. The molecule has 1 aliphatic rings. The summed E-state index contributed by atoms with van der Waals surface area (Å²) in [5.74, 6) is 1.01. The van der Waals surface area contributed by atoms with E-state index in [2.05, 4.69) is 16.0 Å². The average Bonchev–Trinajstić information content (AvgIpc) is 3.29. The predicted octanol–water partition coefficient (Wildman–Crippen LogP) is 0.749. The molecule has 3 N–H and O–H groups in total. The van der Waals surface area contributed by atoms with Crippen molar-refractivity contribution in [1.29, 1.82) is 0 Å². The zero-order chi connectivity index (χ0) is 15.1. The first-order chi connectivity index (χ1) is 10.2. The number of carbonyl (C=O) groups is 2. The molecule has 0 aliphatic heterocycles. The number of amides is 2. The van der Waals surface area contributed by atoms with E-state index in [1.54, 1.807) is 31.3 Å². The van der Waals surface area contributed by atoms with Crippen molar-refractivity contribution < 1.29 is 14.3 Å². The first kappa shape index (κ1) is 15.3. The Morgan fingerprint density at radius 1 is 1.29 bits per heavy atom. The maximum atomic E-state index is 11.8. The lowest BCUT2D eigenvalue weighted by atomic mass is 10.3. The molecule has 0 heterocycles. The Balaban J connectivity index is 1.76. The molecule has 2 amide bonds. The Hall–Kier alpha value is -2.08. The molecule has 1 aromatic rings. The van der Waals surface area contributed by atoms with E-state index in [1.807, 2.05) is 0 Å². The molecule has 1 saturated carbocycles. The molecule has 0 aromatic heterocycles. The number of rotatable bonds is 8. The first-order valence-corrected chi connectivity index (χ1v) is 7.11. The highest BCUT2D eigenvalue weighted by Crippen LogP contribution is 2.27. The monoisotopic (exact) mass is 291 g/mol. The summed E-state index contributed by atoms with van der Waals surface area (Å²) >= 11 is 0. The van der Waals surface area contributed by atoms with Crippen LogP contribution in [0.4, 0.5) is 5.69 Å². The lowest BCUT2D eigenvalue weighted by Gasteiger charge is -2.09. The van der Waals surface area contributed by atoms with Crippen molar-refractivity contribution in [2.75, 3.05) is 32.1 Å². The van der Waals surface area contributed by atoms with E-state index in [9.17, 15) is 9.59 Å². The quantitative estimate of drug-likeness (QED) is 0.660. The molecule has 6 heteroatoms. The molecule has 1 aromatic carbocycles. The maximum Gasteiger partial charge on any atom is 0.257 e. The summed E-state index contributed by atoms with van der Waals surface area (Å²) < 4.78 is 5.32. The molecule has 0 bridgehead atoms. The molecular formula is C15H21N3O3. The highest BCUT2D eigenvalue weighted by atomic mass is 16.5. The molecule has 0 saturated heterocycles. The molecule has 6 nitrogen and oxygen atoms in total. The molecule has 1 aliphatic carbocycles. The second-order valence-corrected chi connectivity index (χ2v) is 5.11. The summed E-state index contributed by atoms with van der Waals surface area (Å²) in [5.41, 5.74) is 0.655. The summed E-state index contributed by atoms with van der Waals surface area (Å²) in [6, 6.07) is 6.99. The van der Waals surface area contributed by atoms with Gasteiger partial charge in [0, 0.05) is 18.8 Å². The Morgan fingerprint density at radius 3 is 2.81 bits per heavy atom. The van der Waals surface area contributed by atoms with Gasteiger partial charge in [-0.25, -0.2) is 0 Å². The lowest BCUT2D eigenvalue weighted by Crippen LogP contribution is -2.29. The third-order valence-corrected chi connectivity index (χ3v) is 3.18. The van der Waals surface area contributed by atoms with Crippen LogP contribution in [0.2, 0.25) is 0 Å². The van der Waals surface area contributed by atoms with Crippen molar-refractivity contribution in [1.82, 2.24) is 10.6 Å². The Morgan fingerprint density at radius 2 is 2.10 bits per heavy atom. The number of ether oxygens (including phenoxy) is 1. The van der Waals surface area contributed by atoms with E-state index in [0.717, 1.165) is 12.5 Å². The van der Waals surface area contributed by atoms with Crippen LogP contribution in [-0.4, -0.2) is 38.6 Å². The van der Waals surface area contributed by atoms with Crippen LogP contribution < -0.4 is 20.7 Å². The minimum atomic E-state index is -0.200. The molecule has 0 spiro atoms. The molecule has 2 rings (SSSR count). The fourth-order valence-corrected chi connectivity index (χ4v) is 1.80. The van der Waals surface area contributed by atoms with Gasteiger partial charge >= 0.3 is 0 Å². The average molecular weight is 291 g/mol. The van der Waals surface area contributed by atoms with E-state index in [-0.39, 0.29) is 18.4 Å². The zero-order valence-electron chi connectivity index (χ0n) is 12.1. The van der Waals surface area contributed by atoms with Gasteiger partial charge in [0.25, 0.3) is 5.91 Å². The zero-order valence-corrected chi connectivity index (χ0v) is 12.1. The van der Waals surface area contributed by atoms with Gasteiger partial charge in [0.15, 0.2) is 6.61 Å². The van der Waals surface area contributed by atoms with Crippen molar-refractivity contribution in [3.8, 4) is 5.75 Å². The number of carbonyl (C=O) groups excluding carboxylic acids is 2. The number of nitrogens with one attached hydrogen (secondary N) is 3. The summed E-state index contributed by atoms with van der Waals surface area (Å²) in [4.78, 5) is 22.9. The second kappa shape index (κ2) is 7.64. The standard InChI is InChI=1S/C15H21N3O3/c1-16-15(20)10-21-13-4-2-3-12(7-13)18-14(19)9-17-8-11-5-6-11/h2-4,7,11,17H,5-6,8-10H2,1H3,(H,16,20)(H,18,19). The molecule has 0 atom stereocenters. The normalized spacial score (nSPS) is 13.6. The second-order valence-electron chi connectivity index (χ2n) is 5.11. The van der Waals surface area contributed by atoms with Crippen LogP contribution in [0.25, 0.3) is 0 Å². The van der Waals surface area contributed by atoms with E-state index in [1.165, 1.54) is 12.8 Å². The molecule has 21 heavy (non-hydrogen) atoms. The van der Waals surface area contributed by atoms with E-state index in [0.29, 0.717) is 18.0 Å². The van der Waals surface area contributed by atoms with Gasteiger partial charge in [0.2, 0.25) is 5.91 Å². The van der Waals surface area contributed by atoms with Gasteiger partial charge in [-0.05, 0) is 37.4 Å². The summed E-state index contributed by atoms with van der Waals surface area (Å²) in [6.07, 6.45) is 2.53. The highest BCUT2D eigenvalue weighted by Gasteiger charge is 2.20. The van der Waals surface area contributed by atoms with Crippen LogP contribution >= 0.6 is 0 Å². The number of likely N-dealkylation sites (N-methyl/N-ethyl adjacent to an activating group) is 1. The van der Waals surface area contributed by atoms with Gasteiger partial charge in [-0.15, -0.1) is 0 Å². The largest absolute Gasteiger partial charge is 0.484 e. The Kier molecular flexibility index (Phi) is 5.57. The van der Waals surface area contributed by atoms with Crippen molar-refractivity contribution in [2.24, 2.45) is 5.92 Å². The van der Waals surface area contributed by atoms with Crippen molar-refractivity contribution in [3.05, 3.63) is 24.3 Å². The van der Waals surface area contributed by atoms with Crippen molar-refractivity contribution in [3.63, 3.8) is 0 Å². The topological polar surface area (TPSA) is 79.5 Å². The summed E-state index contributed by atoms with van der Waals surface area (Å²) in [7, 11) is 1.55. The van der Waals surface area contributed by atoms with Crippen molar-refractivity contribution in [2.45, 2.75) is 12.8 Å². The van der Waals surface area contributed by atoms with E-state index < -0.39 is 0 Å². The number of hydrogen-bond acceptors (Lipinski definition) is 4. The van der Waals surface area contributed by atoms with Gasteiger partial charge in [0.1, 0.15) is 5.75 Å². The predicted molar refractivity (Wildman–Crippen MR) is 80.2 cm³/mol. The van der Waals surface area contributed by atoms with Gasteiger partial charge in [0.05, 0.1) is 6.54 Å². The fraction of sp³-hybridized carbons (Fsp3) is 0.467. The molecular weight excluding hydrogens is 270 g/mol. The summed E-state index contributed by atoms with van der Waals surface area (Å²) in [6.45, 7) is 1.17. The van der Waals surface area contributed by atoms with Gasteiger partial charge < -0.3 is 20.7 Å². The Labute approximate surface area is 124 Å². The van der Waals surface area contributed by atoms with Crippen LogP contribution in [0.1, 0.15) is 12.8 Å². The minimum Gasteiger partial charge on any atom is -0.484 e. The van der Waals surface area contributed by atoms with E-state index in [4.69, 9.17) is 4.74 Å². The van der Waals surface area contributed by atoms with Crippen molar-refractivity contribution >= 4 is 17.5 Å². The van der Waals surface area contributed by atoms with Gasteiger partial charge in [-0.1, -0.05) is 6.07 Å². The van der Waals surface area contributed by atoms with Crippen LogP contribution in [0.15, 0.2) is 24.3 Å². The smallest absolute Gasteiger partial charge is 0.257 e. The number of hydrogen-bond donors (Lipinski definition) is 3. The van der Waals surface area contributed by atoms with Crippen LogP contribution in [0.3, 0.4) is 0 Å². The SMILES string of the molecule is CNC(=O)COc1cccc(NC(=O)CNCC2CC2)c1. The van der Waals surface area contributed by atoms with Crippen LogP contribution in [-0.2, 0) is 9.59 Å². The highest BCUT2D eigenvalue weighted by molar-refractivity contribution is 5.92. The lowest BCUT2D eigenvalue weighted by molar-refractivity contribution is -0.122. The maximum absolute atomic E-state index is 11.8. The molecule has 0 unspecified atom stereocenters. The van der Waals surface area contributed by atoms with Gasteiger partial charge in [-0.3, -0.25) is 9.59 Å². The molecule has 114 valence electrons. The first-order valence-electron chi connectivity index (χ1n) is 7.11. The Bertz CT molecular complexity index is 501. The van der Waals surface area contributed by atoms with E-state index >= 15 is 0 Å². The summed E-state index contributed by atoms with van der Waals surface area (Å²) in [5, 5.41) is 8.41. The van der Waals surface area contributed by atoms with Gasteiger partial charge in [-0.2, -0.15) is 0 Å². The fourth-order valence-electron chi connectivity index (χ4n) is 1.80. The minimum absolute atomic E-state index is 0.0448. The van der Waals surface area contributed by atoms with Crippen LogP contribution in [0.5, 0.6) is 5.75 Å². The molecule has 0 radical (unpaired) electrons. The third kappa shape index (κ3) is 5.83. The molecule has 1 fully saturated rings. The number of benzene rings is 1.